The van der Waals surface area contributed by atoms with Crippen molar-refractivity contribution in [2.75, 3.05) is 18.4 Å². The first-order chi connectivity index (χ1) is 12.3. The van der Waals surface area contributed by atoms with Crippen LogP contribution in [0.4, 0.5) is 5.95 Å². The smallest absolute Gasteiger partial charge is 0.201 e. The minimum absolute atomic E-state index is 0.124. The van der Waals surface area contributed by atoms with Crippen LogP contribution in [0, 0.1) is 0 Å². The summed E-state index contributed by atoms with van der Waals surface area (Å²) in [6.45, 7) is 3.61. The van der Waals surface area contributed by atoms with Gasteiger partial charge >= 0.3 is 0 Å². The lowest BCUT2D eigenvalue weighted by Gasteiger charge is -2.30. The number of aromatic nitrogens is 2. The van der Waals surface area contributed by atoms with Crippen LogP contribution >= 0.6 is 0 Å². The molecule has 1 aliphatic heterocycles. The molecule has 3 aromatic rings. The number of imidazole rings is 1. The standard InChI is InChI=1S/C20H24N4O/c25-17-9-11-24(12-10-17)14-16-6-2-1-5-15(16)13-21-20-22-18-7-3-4-8-19(18)23-20/h1-8,17,25H,9-14H2,(H2,21,22,23). The van der Waals surface area contributed by atoms with Gasteiger partial charge in [0.15, 0.2) is 0 Å². The maximum atomic E-state index is 9.67. The average molecular weight is 336 g/mol. The van der Waals surface area contributed by atoms with Gasteiger partial charge in [-0.1, -0.05) is 36.4 Å². The van der Waals surface area contributed by atoms with Crippen LogP contribution in [-0.2, 0) is 13.1 Å². The third-order valence-electron chi connectivity index (χ3n) is 4.91. The molecule has 4 rings (SSSR count). The van der Waals surface area contributed by atoms with Crippen LogP contribution in [0.15, 0.2) is 48.5 Å². The molecular formula is C20H24N4O. The second-order valence-electron chi connectivity index (χ2n) is 6.73. The van der Waals surface area contributed by atoms with Crippen LogP contribution in [0.5, 0.6) is 0 Å². The summed E-state index contributed by atoms with van der Waals surface area (Å²) in [5, 5.41) is 13.1. The minimum Gasteiger partial charge on any atom is -0.393 e. The molecule has 5 heteroatoms. The lowest BCUT2D eigenvalue weighted by atomic mass is 10.0. The number of benzene rings is 2. The highest BCUT2D eigenvalue weighted by atomic mass is 16.3. The SMILES string of the molecule is OC1CCN(Cc2ccccc2CNc2nc3ccccc3[nH]2)CC1. The molecule has 1 aliphatic rings. The van der Waals surface area contributed by atoms with E-state index in [-0.39, 0.29) is 6.10 Å². The molecule has 0 bridgehead atoms. The Balaban J connectivity index is 1.43. The molecule has 1 aromatic heterocycles. The van der Waals surface area contributed by atoms with E-state index in [0.29, 0.717) is 0 Å². The van der Waals surface area contributed by atoms with E-state index in [1.54, 1.807) is 0 Å². The molecule has 0 unspecified atom stereocenters. The molecule has 5 nitrogen and oxygen atoms in total. The molecule has 2 heterocycles. The first-order valence-corrected chi connectivity index (χ1v) is 8.94. The summed E-state index contributed by atoms with van der Waals surface area (Å²) in [6.07, 6.45) is 1.62. The highest BCUT2D eigenvalue weighted by molar-refractivity contribution is 5.77. The van der Waals surface area contributed by atoms with Gasteiger partial charge in [0, 0.05) is 26.2 Å². The van der Waals surface area contributed by atoms with Gasteiger partial charge in [-0.15, -0.1) is 0 Å². The summed E-state index contributed by atoms with van der Waals surface area (Å²) in [4.78, 5) is 10.3. The Labute approximate surface area is 147 Å². The number of nitrogens with zero attached hydrogens (tertiary/aromatic N) is 2. The Hall–Kier alpha value is -2.37. The number of fused-ring (bicyclic) bond motifs is 1. The maximum Gasteiger partial charge on any atom is 0.201 e. The number of anilines is 1. The van der Waals surface area contributed by atoms with Crippen LogP contribution in [0.2, 0.25) is 0 Å². The number of para-hydroxylation sites is 2. The molecule has 25 heavy (non-hydrogen) atoms. The second-order valence-corrected chi connectivity index (χ2v) is 6.73. The Morgan fingerprint density at radius 3 is 2.56 bits per heavy atom. The summed E-state index contributed by atoms with van der Waals surface area (Å²) < 4.78 is 0. The highest BCUT2D eigenvalue weighted by Crippen LogP contribution is 2.18. The van der Waals surface area contributed by atoms with Crippen molar-refractivity contribution >= 4 is 17.0 Å². The van der Waals surface area contributed by atoms with Crippen LogP contribution in [0.25, 0.3) is 11.0 Å². The van der Waals surface area contributed by atoms with E-state index >= 15 is 0 Å². The number of likely N-dealkylation sites (tertiary alicyclic amines) is 1. The van der Waals surface area contributed by atoms with Crippen LogP contribution < -0.4 is 5.32 Å². The molecule has 2 aromatic carbocycles. The first kappa shape index (κ1) is 16.1. The fraction of sp³-hybridized carbons (Fsp3) is 0.350. The van der Waals surface area contributed by atoms with Gasteiger partial charge in [-0.05, 0) is 36.1 Å². The summed E-state index contributed by atoms with van der Waals surface area (Å²) >= 11 is 0. The molecule has 0 amide bonds. The van der Waals surface area contributed by atoms with Crippen molar-refractivity contribution < 1.29 is 5.11 Å². The number of hydrogen-bond donors (Lipinski definition) is 3. The lowest BCUT2D eigenvalue weighted by Crippen LogP contribution is -2.35. The Kier molecular flexibility index (Phi) is 4.68. The van der Waals surface area contributed by atoms with Crippen LogP contribution in [0.1, 0.15) is 24.0 Å². The van der Waals surface area contributed by atoms with Crippen LogP contribution in [-0.4, -0.2) is 39.2 Å². The molecule has 130 valence electrons. The van der Waals surface area contributed by atoms with Gasteiger partial charge < -0.3 is 15.4 Å². The predicted molar refractivity (Wildman–Crippen MR) is 100 cm³/mol. The van der Waals surface area contributed by atoms with Gasteiger partial charge in [0.2, 0.25) is 5.95 Å². The zero-order valence-electron chi connectivity index (χ0n) is 14.3. The topological polar surface area (TPSA) is 64.2 Å². The Morgan fingerprint density at radius 2 is 1.76 bits per heavy atom. The number of rotatable bonds is 5. The number of H-pyrrole nitrogens is 1. The largest absolute Gasteiger partial charge is 0.393 e. The van der Waals surface area contributed by atoms with Crippen molar-refractivity contribution in [3.8, 4) is 0 Å². The van der Waals surface area contributed by atoms with E-state index < -0.39 is 0 Å². The summed E-state index contributed by atoms with van der Waals surface area (Å²) in [7, 11) is 0. The number of aromatic amines is 1. The van der Waals surface area contributed by atoms with E-state index in [4.69, 9.17) is 0 Å². The van der Waals surface area contributed by atoms with Gasteiger partial charge in [0.05, 0.1) is 17.1 Å². The molecule has 0 radical (unpaired) electrons. The zero-order chi connectivity index (χ0) is 17.1. The van der Waals surface area contributed by atoms with Crippen molar-refractivity contribution in [2.24, 2.45) is 0 Å². The predicted octanol–water partition coefficient (Wildman–Crippen LogP) is 3.13. The maximum absolute atomic E-state index is 9.67. The molecule has 0 spiro atoms. The molecule has 1 fully saturated rings. The van der Waals surface area contributed by atoms with Crippen molar-refractivity contribution in [1.82, 2.24) is 14.9 Å². The van der Waals surface area contributed by atoms with Crippen molar-refractivity contribution in [2.45, 2.75) is 32.0 Å². The monoisotopic (exact) mass is 336 g/mol. The fourth-order valence-corrected chi connectivity index (χ4v) is 3.42. The van der Waals surface area contributed by atoms with Gasteiger partial charge in [0.25, 0.3) is 0 Å². The highest BCUT2D eigenvalue weighted by Gasteiger charge is 2.17. The molecule has 0 atom stereocenters. The first-order valence-electron chi connectivity index (χ1n) is 8.94. The number of hydrogen-bond acceptors (Lipinski definition) is 4. The van der Waals surface area contributed by atoms with Crippen molar-refractivity contribution in [3.63, 3.8) is 0 Å². The van der Waals surface area contributed by atoms with E-state index in [2.05, 4.69) is 44.5 Å². The molecule has 3 N–H and O–H groups in total. The minimum atomic E-state index is -0.124. The Bertz CT molecular complexity index is 803. The summed E-state index contributed by atoms with van der Waals surface area (Å²) in [5.74, 6) is 0.803. The van der Waals surface area contributed by atoms with Crippen molar-refractivity contribution in [1.29, 1.82) is 0 Å². The average Bonchev–Trinajstić information content (AvgIpc) is 3.06. The number of piperidine rings is 1. The molecule has 0 aliphatic carbocycles. The lowest BCUT2D eigenvalue weighted by molar-refractivity contribution is 0.0791. The van der Waals surface area contributed by atoms with Gasteiger partial charge in [-0.3, -0.25) is 4.90 Å². The third kappa shape index (κ3) is 3.83. The third-order valence-corrected chi connectivity index (χ3v) is 4.91. The molecule has 0 saturated carbocycles. The van der Waals surface area contributed by atoms with E-state index in [1.807, 2.05) is 24.3 Å². The molecule has 1 saturated heterocycles. The summed E-state index contributed by atoms with van der Waals surface area (Å²) in [6, 6.07) is 16.6. The molecular weight excluding hydrogens is 312 g/mol. The summed E-state index contributed by atoms with van der Waals surface area (Å²) in [5.41, 5.74) is 4.65. The Morgan fingerprint density at radius 1 is 1.04 bits per heavy atom. The van der Waals surface area contributed by atoms with E-state index in [0.717, 1.165) is 56.0 Å². The fourth-order valence-electron chi connectivity index (χ4n) is 3.42. The number of aliphatic hydroxyl groups is 1. The zero-order valence-corrected chi connectivity index (χ0v) is 14.3. The van der Waals surface area contributed by atoms with Crippen LogP contribution in [0.3, 0.4) is 0 Å². The quantitative estimate of drug-likeness (QED) is 0.670. The van der Waals surface area contributed by atoms with E-state index in [9.17, 15) is 5.11 Å². The van der Waals surface area contributed by atoms with Gasteiger partial charge in [0.1, 0.15) is 0 Å². The normalized spacial score (nSPS) is 16.4. The van der Waals surface area contributed by atoms with Gasteiger partial charge in [-0.25, -0.2) is 4.98 Å². The van der Waals surface area contributed by atoms with Crippen molar-refractivity contribution in [3.05, 3.63) is 59.7 Å². The number of aliphatic hydroxyl groups excluding tert-OH is 1. The van der Waals surface area contributed by atoms with Gasteiger partial charge in [-0.2, -0.15) is 0 Å². The number of nitrogens with one attached hydrogen (secondary N) is 2. The van der Waals surface area contributed by atoms with E-state index in [1.165, 1.54) is 11.1 Å². The second kappa shape index (κ2) is 7.25.